The molecule has 28 heavy (non-hydrogen) atoms. The first-order chi connectivity index (χ1) is 13.1. The van der Waals surface area contributed by atoms with E-state index >= 15 is 0 Å². The van der Waals surface area contributed by atoms with Gasteiger partial charge in [-0.2, -0.15) is 0 Å². The summed E-state index contributed by atoms with van der Waals surface area (Å²) >= 11 is 0. The van der Waals surface area contributed by atoms with Crippen LogP contribution < -0.4 is 14.8 Å². The van der Waals surface area contributed by atoms with Gasteiger partial charge in [0.05, 0.1) is 6.04 Å². The van der Waals surface area contributed by atoms with Crippen molar-refractivity contribution in [2.75, 3.05) is 6.61 Å². The molecule has 0 saturated carbocycles. The molecule has 1 amide bonds. The quantitative estimate of drug-likeness (QED) is 0.772. The number of nitrogens with one attached hydrogen (secondary N) is 1. The summed E-state index contributed by atoms with van der Waals surface area (Å²) in [6, 6.07) is 12.2. The number of ether oxygens (including phenoxy) is 2. The van der Waals surface area contributed by atoms with Crippen molar-refractivity contribution in [3.63, 3.8) is 0 Å². The van der Waals surface area contributed by atoms with Gasteiger partial charge in [0, 0.05) is 12.0 Å². The molecule has 4 nitrogen and oxygen atoms in total. The molecule has 1 N–H and O–H groups in total. The fourth-order valence-corrected chi connectivity index (χ4v) is 3.71. The first-order valence-corrected chi connectivity index (χ1v) is 9.97. The summed E-state index contributed by atoms with van der Waals surface area (Å²) in [5.41, 5.74) is 4.07. The maximum atomic E-state index is 12.7. The van der Waals surface area contributed by atoms with Crippen molar-refractivity contribution >= 4 is 5.91 Å². The van der Waals surface area contributed by atoms with Crippen molar-refractivity contribution in [1.82, 2.24) is 5.32 Å². The number of benzene rings is 2. The van der Waals surface area contributed by atoms with Crippen LogP contribution in [0.15, 0.2) is 36.4 Å². The molecule has 0 fully saturated rings. The molecular formula is C24H31NO3. The number of rotatable bonds is 5. The molecular weight excluding hydrogens is 350 g/mol. The molecule has 1 aliphatic rings. The highest BCUT2D eigenvalue weighted by molar-refractivity contribution is 5.78. The molecule has 2 aromatic carbocycles. The summed E-state index contributed by atoms with van der Waals surface area (Å²) in [5.74, 6) is 1.85. The van der Waals surface area contributed by atoms with Gasteiger partial charge in [-0.1, -0.05) is 38.1 Å². The van der Waals surface area contributed by atoms with Crippen LogP contribution in [0.25, 0.3) is 0 Å². The Morgan fingerprint density at radius 1 is 1.18 bits per heavy atom. The van der Waals surface area contributed by atoms with E-state index in [-0.39, 0.29) is 24.2 Å². The van der Waals surface area contributed by atoms with E-state index in [1.165, 1.54) is 0 Å². The molecule has 1 unspecified atom stereocenters. The first kappa shape index (κ1) is 20.2. The van der Waals surface area contributed by atoms with Gasteiger partial charge in [-0.05, 0) is 62.4 Å². The van der Waals surface area contributed by atoms with Gasteiger partial charge < -0.3 is 14.8 Å². The molecule has 0 spiro atoms. The van der Waals surface area contributed by atoms with Crippen LogP contribution in [0.4, 0.5) is 0 Å². The minimum Gasteiger partial charge on any atom is -0.487 e. The highest BCUT2D eigenvalue weighted by Gasteiger charge is 2.34. The van der Waals surface area contributed by atoms with E-state index in [9.17, 15) is 4.79 Å². The second kappa shape index (κ2) is 7.86. The van der Waals surface area contributed by atoms with Crippen LogP contribution >= 0.6 is 0 Å². The Bertz CT molecular complexity index is 870. The Labute approximate surface area is 168 Å². The highest BCUT2D eigenvalue weighted by Crippen LogP contribution is 2.39. The molecule has 0 aromatic heterocycles. The van der Waals surface area contributed by atoms with Gasteiger partial charge in [0.1, 0.15) is 17.1 Å². The lowest BCUT2D eigenvalue weighted by atomic mass is 9.89. The van der Waals surface area contributed by atoms with Gasteiger partial charge in [0.15, 0.2) is 6.61 Å². The second-order valence-electron chi connectivity index (χ2n) is 8.71. The average molecular weight is 382 g/mol. The molecule has 1 atom stereocenters. The predicted molar refractivity (Wildman–Crippen MR) is 112 cm³/mol. The lowest BCUT2D eigenvalue weighted by Crippen LogP contribution is -2.42. The van der Waals surface area contributed by atoms with Gasteiger partial charge >= 0.3 is 0 Å². The molecule has 2 aromatic rings. The number of hydrogen-bond acceptors (Lipinski definition) is 3. The SMILES string of the molecule is Cc1ccc(C(C)C)c(OCC(=O)NC2CC(C)(C)Oc3cc(C)ccc32)c1. The van der Waals surface area contributed by atoms with Crippen molar-refractivity contribution in [1.29, 1.82) is 0 Å². The minimum atomic E-state index is -0.332. The fraction of sp³-hybridized carbons (Fsp3) is 0.458. The van der Waals surface area contributed by atoms with E-state index in [1.54, 1.807) is 0 Å². The van der Waals surface area contributed by atoms with Crippen LogP contribution in [-0.4, -0.2) is 18.1 Å². The summed E-state index contributed by atoms with van der Waals surface area (Å²) in [7, 11) is 0. The van der Waals surface area contributed by atoms with E-state index < -0.39 is 0 Å². The largest absolute Gasteiger partial charge is 0.487 e. The van der Waals surface area contributed by atoms with E-state index in [1.807, 2.05) is 32.0 Å². The second-order valence-corrected chi connectivity index (χ2v) is 8.71. The van der Waals surface area contributed by atoms with E-state index in [2.05, 4.69) is 51.2 Å². The van der Waals surface area contributed by atoms with Crippen molar-refractivity contribution in [3.05, 3.63) is 58.7 Å². The summed E-state index contributed by atoms with van der Waals surface area (Å²) < 4.78 is 12.0. The fourth-order valence-electron chi connectivity index (χ4n) is 3.71. The molecule has 1 heterocycles. The zero-order valence-corrected chi connectivity index (χ0v) is 17.8. The van der Waals surface area contributed by atoms with Crippen molar-refractivity contribution in [3.8, 4) is 11.5 Å². The molecule has 150 valence electrons. The molecule has 0 aliphatic carbocycles. The Kier molecular flexibility index (Phi) is 5.69. The van der Waals surface area contributed by atoms with E-state index in [0.717, 1.165) is 40.2 Å². The van der Waals surface area contributed by atoms with Gasteiger partial charge in [-0.25, -0.2) is 0 Å². The maximum absolute atomic E-state index is 12.7. The van der Waals surface area contributed by atoms with Crippen LogP contribution in [0, 0.1) is 13.8 Å². The Morgan fingerprint density at radius 3 is 2.57 bits per heavy atom. The van der Waals surface area contributed by atoms with Crippen LogP contribution in [0.3, 0.4) is 0 Å². The van der Waals surface area contributed by atoms with Crippen molar-refractivity contribution in [2.45, 2.75) is 65.5 Å². The molecule has 0 radical (unpaired) electrons. The molecule has 0 saturated heterocycles. The number of carbonyl (C=O) groups is 1. The molecule has 4 heteroatoms. The first-order valence-electron chi connectivity index (χ1n) is 9.97. The van der Waals surface area contributed by atoms with E-state index in [0.29, 0.717) is 5.92 Å². The standard InChI is InChI=1S/C24H31NO3/c1-15(2)18-9-7-16(3)11-21(18)27-14-23(26)25-20-13-24(5,6)28-22-12-17(4)8-10-19(20)22/h7-12,15,20H,13-14H2,1-6H3,(H,25,26). The average Bonchev–Trinajstić information content (AvgIpc) is 2.58. The van der Waals surface area contributed by atoms with Gasteiger partial charge in [-0.3, -0.25) is 4.79 Å². The zero-order valence-electron chi connectivity index (χ0n) is 17.8. The smallest absolute Gasteiger partial charge is 0.258 e. The Balaban J connectivity index is 1.71. The number of hydrogen-bond donors (Lipinski definition) is 1. The van der Waals surface area contributed by atoms with Crippen LogP contribution in [-0.2, 0) is 4.79 Å². The number of fused-ring (bicyclic) bond motifs is 1. The highest BCUT2D eigenvalue weighted by atomic mass is 16.5. The van der Waals surface area contributed by atoms with Crippen LogP contribution in [0.2, 0.25) is 0 Å². The van der Waals surface area contributed by atoms with Gasteiger partial charge in [0.25, 0.3) is 5.91 Å². The third-order valence-corrected chi connectivity index (χ3v) is 5.11. The van der Waals surface area contributed by atoms with Crippen molar-refractivity contribution < 1.29 is 14.3 Å². The number of carbonyl (C=O) groups excluding carboxylic acids is 1. The topological polar surface area (TPSA) is 47.6 Å². The summed E-state index contributed by atoms with van der Waals surface area (Å²) in [6.07, 6.45) is 0.719. The minimum absolute atomic E-state index is 0.00214. The lowest BCUT2D eigenvalue weighted by molar-refractivity contribution is -0.124. The Hall–Kier alpha value is -2.49. The lowest BCUT2D eigenvalue weighted by Gasteiger charge is -2.38. The molecule has 1 aliphatic heterocycles. The normalized spacial score (nSPS) is 17.6. The van der Waals surface area contributed by atoms with Crippen LogP contribution in [0.5, 0.6) is 11.5 Å². The number of aryl methyl sites for hydroxylation is 2. The van der Waals surface area contributed by atoms with Gasteiger partial charge in [-0.15, -0.1) is 0 Å². The zero-order chi connectivity index (χ0) is 20.5. The van der Waals surface area contributed by atoms with Crippen LogP contribution in [0.1, 0.15) is 68.3 Å². The van der Waals surface area contributed by atoms with Crippen molar-refractivity contribution in [2.24, 2.45) is 0 Å². The summed E-state index contributed by atoms with van der Waals surface area (Å²) in [6.45, 7) is 12.4. The maximum Gasteiger partial charge on any atom is 0.258 e. The third kappa shape index (κ3) is 4.67. The molecule has 3 rings (SSSR count). The summed E-state index contributed by atoms with van der Waals surface area (Å²) in [4.78, 5) is 12.7. The predicted octanol–water partition coefficient (Wildman–Crippen LogP) is 5.22. The third-order valence-electron chi connectivity index (χ3n) is 5.11. The van der Waals surface area contributed by atoms with E-state index in [4.69, 9.17) is 9.47 Å². The monoisotopic (exact) mass is 381 g/mol. The number of amides is 1. The Morgan fingerprint density at radius 2 is 1.86 bits per heavy atom. The summed E-state index contributed by atoms with van der Waals surface area (Å²) in [5, 5.41) is 3.14. The molecule has 0 bridgehead atoms. The van der Waals surface area contributed by atoms with Gasteiger partial charge in [0.2, 0.25) is 0 Å².